The van der Waals surface area contributed by atoms with Gasteiger partial charge < -0.3 is 4.90 Å². The summed E-state index contributed by atoms with van der Waals surface area (Å²) in [5.74, 6) is -0.152. The number of hydrogen-bond donors (Lipinski definition) is 1. The molecule has 1 saturated heterocycles. The van der Waals surface area contributed by atoms with E-state index >= 15 is 0 Å². The Morgan fingerprint density at radius 1 is 1.11 bits per heavy atom. The predicted octanol–water partition coefficient (Wildman–Crippen LogP) is 3.93. The van der Waals surface area contributed by atoms with Gasteiger partial charge in [0.05, 0.1) is 0 Å². The van der Waals surface area contributed by atoms with Crippen molar-refractivity contribution in [3.05, 3.63) is 70.2 Å². The van der Waals surface area contributed by atoms with Gasteiger partial charge >= 0.3 is 0 Å². The second-order valence-corrected chi connectivity index (χ2v) is 7.97. The Bertz CT molecular complexity index is 1030. The fraction of sp³-hybridized carbons (Fsp3) is 0.238. The molecule has 0 aliphatic carbocycles. The summed E-state index contributed by atoms with van der Waals surface area (Å²) in [6.45, 7) is 4.55. The normalized spacial score (nSPS) is 16.4. The maximum atomic E-state index is 12.5. The lowest BCUT2D eigenvalue weighted by molar-refractivity contribution is -0.117. The van der Waals surface area contributed by atoms with E-state index in [1.165, 1.54) is 11.3 Å². The van der Waals surface area contributed by atoms with Crippen LogP contribution in [0.3, 0.4) is 0 Å². The minimum atomic E-state index is -0.216. The van der Waals surface area contributed by atoms with Crippen LogP contribution in [0.2, 0.25) is 0 Å². The van der Waals surface area contributed by atoms with Crippen LogP contribution in [0.15, 0.2) is 48.5 Å². The van der Waals surface area contributed by atoms with Crippen molar-refractivity contribution in [1.82, 2.24) is 10.2 Å². The predicted molar refractivity (Wildman–Crippen MR) is 110 cm³/mol. The van der Waals surface area contributed by atoms with E-state index < -0.39 is 0 Å². The van der Waals surface area contributed by atoms with Gasteiger partial charge in [0.2, 0.25) is 11.0 Å². The molecule has 1 aliphatic heterocycles. The molecule has 0 radical (unpaired) electrons. The second kappa shape index (κ2) is 7.52. The van der Waals surface area contributed by atoms with Crippen molar-refractivity contribution < 1.29 is 9.59 Å². The largest absolute Gasteiger partial charge is 0.311 e. The first kappa shape index (κ1) is 18.3. The third-order valence-electron chi connectivity index (χ3n) is 4.86. The van der Waals surface area contributed by atoms with Gasteiger partial charge in [-0.3, -0.25) is 14.9 Å². The Labute approximate surface area is 167 Å². The van der Waals surface area contributed by atoms with E-state index in [-0.39, 0.29) is 17.7 Å². The number of rotatable bonds is 4. The van der Waals surface area contributed by atoms with Crippen LogP contribution in [0.5, 0.6) is 0 Å². The van der Waals surface area contributed by atoms with Crippen LogP contribution in [0.1, 0.15) is 38.8 Å². The van der Waals surface area contributed by atoms with Gasteiger partial charge in [0, 0.05) is 30.1 Å². The second-order valence-electron chi connectivity index (χ2n) is 6.96. The fourth-order valence-electron chi connectivity index (χ4n) is 3.30. The molecule has 0 unspecified atom stereocenters. The highest BCUT2D eigenvalue weighted by atomic mass is 32.1. The fourth-order valence-corrected chi connectivity index (χ4v) is 4.13. The Hall–Kier alpha value is -3.06. The molecule has 1 aliphatic rings. The van der Waals surface area contributed by atoms with Crippen molar-refractivity contribution in [2.45, 2.75) is 26.2 Å². The first-order valence-corrected chi connectivity index (χ1v) is 9.90. The molecule has 142 valence electrons. The number of carbonyl (C=O) groups is 2. The molecule has 6 nitrogen and oxygen atoms in total. The smallest absolute Gasteiger partial charge is 0.257 e. The van der Waals surface area contributed by atoms with Gasteiger partial charge in [0.15, 0.2) is 0 Å². The van der Waals surface area contributed by atoms with E-state index in [9.17, 15) is 9.59 Å². The average molecular weight is 392 g/mol. The molecule has 1 atom stereocenters. The van der Waals surface area contributed by atoms with Crippen LogP contribution in [-0.4, -0.2) is 28.6 Å². The summed E-state index contributed by atoms with van der Waals surface area (Å²) in [5.41, 5.74) is 3.68. The van der Waals surface area contributed by atoms with Crippen molar-refractivity contribution in [3.8, 4) is 0 Å². The molecule has 0 bridgehead atoms. The molecular weight excluding hydrogens is 372 g/mol. The lowest BCUT2D eigenvalue weighted by Gasteiger charge is -2.18. The molecule has 3 aromatic rings. The highest BCUT2D eigenvalue weighted by Crippen LogP contribution is 2.35. The summed E-state index contributed by atoms with van der Waals surface area (Å²) in [7, 11) is 0. The zero-order valence-electron chi connectivity index (χ0n) is 15.7. The molecule has 2 amide bonds. The SMILES string of the molecule is Cc1ccc(C(=O)Nc2nnc([C@@H]3CC(=O)N(c4ccccc4C)C3)s2)cc1. The number of aryl methyl sites for hydroxylation is 2. The monoisotopic (exact) mass is 392 g/mol. The number of carbonyl (C=O) groups excluding carboxylic acids is 2. The van der Waals surface area contributed by atoms with Crippen molar-refractivity contribution in [2.24, 2.45) is 0 Å². The summed E-state index contributed by atoms with van der Waals surface area (Å²) >= 11 is 1.33. The quantitative estimate of drug-likeness (QED) is 0.730. The Kier molecular flexibility index (Phi) is 4.92. The van der Waals surface area contributed by atoms with E-state index in [1.54, 1.807) is 12.1 Å². The summed E-state index contributed by atoms with van der Waals surface area (Å²) in [6.07, 6.45) is 0.398. The number of hydrogen-bond acceptors (Lipinski definition) is 5. The van der Waals surface area contributed by atoms with Gasteiger partial charge in [-0.2, -0.15) is 0 Å². The van der Waals surface area contributed by atoms with Crippen molar-refractivity contribution in [3.63, 3.8) is 0 Å². The number of anilines is 2. The zero-order chi connectivity index (χ0) is 19.7. The first-order valence-electron chi connectivity index (χ1n) is 9.08. The van der Waals surface area contributed by atoms with Crippen LogP contribution in [0.25, 0.3) is 0 Å². The zero-order valence-corrected chi connectivity index (χ0v) is 16.5. The molecular formula is C21H20N4O2S. The highest BCUT2D eigenvalue weighted by Gasteiger charge is 2.34. The topological polar surface area (TPSA) is 75.2 Å². The van der Waals surface area contributed by atoms with Gasteiger partial charge in [-0.1, -0.05) is 47.2 Å². The van der Waals surface area contributed by atoms with Crippen molar-refractivity contribution >= 4 is 34.0 Å². The van der Waals surface area contributed by atoms with Crippen LogP contribution in [-0.2, 0) is 4.79 Å². The molecule has 2 aromatic carbocycles. The number of aromatic nitrogens is 2. The van der Waals surface area contributed by atoms with Crippen LogP contribution in [0.4, 0.5) is 10.8 Å². The van der Waals surface area contributed by atoms with Gasteiger partial charge in [-0.15, -0.1) is 10.2 Å². The van der Waals surface area contributed by atoms with E-state index in [1.807, 2.05) is 55.1 Å². The number of para-hydroxylation sites is 1. The molecule has 1 N–H and O–H groups in total. The van der Waals surface area contributed by atoms with Crippen LogP contribution < -0.4 is 10.2 Å². The number of amides is 2. The summed E-state index contributed by atoms with van der Waals surface area (Å²) < 4.78 is 0. The van der Waals surface area contributed by atoms with E-state index in [2.05, 4.69) is 15.5 Å². The number of nitrogens with zero attached hydrogens (tertiary/aromatic N) is 3. The van der Waals surface area contributed by atoms with Gasteiger partial charge in [0.25, 0.3) is 5.91 Å². The third-order valence-corrected chi connectivity index (χ3v) is 5.86. The van der Waals surface area contributed by atoms with Crippen molar-refractivity contribution in [1.29, 1.82) is 0 Å². The Balaban J connectivity index is 1.46. The number of benzene rings is 2. The molecule has 1 aromatic heterocycles. The molecule has 2 heterocycles. The minimum Gasteiger partial charge on any atom is -0.311 e. The lowest BCUT2D eigenvalue weighted by atomic mass is 10.1. The van der Waals surface area contributed by atoms with Gasteiger partial charge in [-0.25, -0.2) is 0 Å². The van der Waals surface area contributed by atoms with E-state index in [0.717, 1.165) is 21.8 Å². The van der Waals surface area contributed by atoms with E-state index in [4.69, 9.17) is 0 Å². The van der Waals surface area contributed by atoms with E-state index in [0.29, 0.717) is 23.7 Å². The molecule has 4 rings (SSSR count). The molecule has 1 fully saturated rings. The van der Waals surface area contributed by atoms with Crippen LogP contribution in [0, 0.1) is 13.8 Å². The van der Waals surface area contributed by atoms with Crippen molar-refractivity contribution in [2.75, 3.05) is 16.8 Å². The minimum absolute atomic E-state index is 0.0189. The Morgan fingerprint density at radius 2 is 1.86 bits per heavy atom. The maximum Gasteiger partial charge on any atom is 0.257 e. The van der Waals surface area contributed by atoms with Crippen LogP contribution >= 0.6 is 11.3 Å². The summed E-state index contributed by atoms with van der Waals surface area (Å²) in [5, 5.41) is 12.3. The summed E-state index contributed by atoms with van der Waals surface area (Å²) in [4.78, 5) is 26.7. The lowest BCUT2D eigenvalue weighted by Crippen LogP contribution is -2.25. The Morgan fingerprint density at radius 3 is 2.61 bits per heavy atom. The third kappa shape index (κ3) is 3.66. The average Bonchev–Trinajstić information content (AvgIpc) is 3.29. The summed E-state index contributed by atoms with van der Waals surface area (Å²) in [6, 6.07) is 15.2. The highest BCUT2D eigenvalue weighted by molar-refractivity contribution is 7.15. The molecule has 0 saturated carbocycles. The molecule has 7 heteroatoms. The standard InChI is InChI=1S/C21H20N4O2S/c1-13-7-9-15(10-8-13)19(27)22-21-24-23-20(28-21)16-11-18(26)25(12-16)17-6-4-3-5-14(17)2/h3-10,16H,11-12H2,1-2H3,(H,22,24,27)/t16-/m1/s1. The van der Waals surface area contributed by atoms with Gasteiger partial charge in [0.1, 0.15) is 5.01 Å². The first-order chi connectivity index (χ1) is 13.5. The molecule has 0 spiro atoms. The molecule has 28 heavy (non-hydrogen) atoms. The van der Waals surface area contributed by atoms with Gasteiger partial charge in [-0.05, 0) is 37.6 Å². The number of nitrogens with one attached hydrogen (secondary N) is 1. The maximum absolute atomic E-state index is 12.5.